The molecule has 692 valence electrons. The highest BCUT2D eigenvalue weighted by Gasteiger charge is 2.52. The zero-order valence-corrected chi connectivity index (χ0v) is 71.5. The van der Waals surface area contributed by atoms with Gasteiger partial charge in [-0.05, 0) is 6.42 Å². The Morgan fingerprint density at radius 1 is 0.367 bits per heavy atom. The van der Waals surface area contributed by atoms with Crippen LogP contribution < -0.4 is 34.4 Å². The van der Waals surface area contributed by atoms with Crippen LogP contribution in [0.5, 0.6) is 0 Å². The fourth-order valence-corrected chi connectivity index (χ4v) is 16.3. The van der Waals surface area contributed by atoms with E-state index in [1.807, 2.05) is 13.8 Å². The Bertz CT molecular complexity index is 6270. The van der Waals surface area contributed by atoms with Crippen LogP contribution >= 0.6 is 69.6 Å². The first-order chi connectivity index (χ1) is 66.9. The molecule has 6 saturated heterocycles. The predicted octanol–water partition coefficient (Wildman–Crippen LogP) is 2.10. The number of halogens is 6. The summed E-state index contributed by atoms with van der Waals surface area (Å²) in [5.74, 6) is -4.12. The van der Waals surface area contributed by atoms with Crippen molar-refractivity contribution in [3.63, 3.8) is 0 Å². The minimum absolute atomic E-state index is 0.000580. The first kappa shape index (κ1) is 76.9. The lowest BCUT2D eigenvalue weighted by Crippen LogP contribution is -2.34. The van der Waals surface area contributed by atoms with Gasteiger partial charge in [-0.1, -0.05) is 104 Å². The second kappa shape index (κ2) is 40.2. The van der Waals surface area contributed by atoms with Crippen molar-refractivity contribution in [2.75, 3.05) is 96.5 Å². The number of aliphatic carboxylic acids is 1. The molecule has 18 rings (SSSR count). The van der Waals surface area contributed by atoms with E-state index in [2.05, 4.69) is 89.7 Å². The molecule has 6 aliphatic rings. The van der Waals surface area contributed by atoms with Gasteiger partial charge in [0.05, 0.1) is 97.7 Å². The molecule has 0 unspecified atom stereocenters. The summed E-state index contributed by atoms with van der Waals surface area (Å²) in [4.78, 5) is 95.1. The summed E-state index contributed by atoms with van der Waals surface area (Å²) in [6.07, 6.45) is -10.5. The predicted molar refractivity (Wildman–Crippen MR) is 452 cm³/mol. The number of methoxy groups -OCH3 is 6. The number of aliphatic hydroxyl groups excluding tert-OH is 6. The number of carboxylic acids is 1. The van der Waals surface area contributed by atoms with Gasteiger partial charge in [0.1, 0.15) is 94.1 Å². The van der Waals surface area contributed by atoms with Crippen LogP contribution in [0.15, 0.2) is 38.0 Å². The molecule has 0 aromatic carbocycles. The summed E-state index contributed by atoms with van der Waals surface area (Å²) in [6, 6.07) is 0. The zero-order chi connectivity index (χ0) is 105. The summed E-state index contributed by atoms with van der Waals surface area (Å²) in [6.45, 7) is 7.56. The number of hydrogen-bond donors (Lipinski definition) is 13. The summed E-state index contributed by atoms with van der Waals surface area (Å²) in [5.41, 5.74) is 36.8. The van der Waals surface area contributed by atoms with Crippen LogP contribution in [0.2, 0.25) is 30.9 Å². The zero-order valence-electron chi connectivity index (χ0n) is 82.0. The van der Waals surface area contributed by atoms with Crippen molar-refractivity contribution in [3.8, 4) is 0 Å². The molecule has 12 aromatic rings. The van der Waals surface area contributed by atoms with Crippen LogP contribution in [0.1, 0.15) is 99.0 Å². The van der Waals surface area contributed by atoms with Gasteiger partial charge in [-0.2, -0.15) is 59.8 Å². The molecular formula is C71H90Cl6N30O21. The number of fused-ring (bicyclic) bond motifs is 6. The van der Waals surface area contributed by atoms with E-state index in [1.54, 1.807) is 18.4 Å². The summed E-state index contributed by atoms with van der Waals surface area (Å²) in [7, 11) is -12.2. The Kier molecular flexibility index (Phi) is 24.2. The first-order valence-electron chi connectivity index (χ1n) is 45.3. The van der Waals surface area contributed by atoms with Crippen LogP contribution in [0.4, 0.5) is 35.7 Å². The third-order valence-electron chi connectivity index (χ3n) is 21.5. The number of nitrogen functional groups attached to an aromatic ring is 6. The lowest BCUT2D eigenvalue weighted by molar-refractivity contribution is -0.157. The summed E-state index contributed by atoms with van der Waals surface area (Å²) >= 11 is 35.9. The minimum Gasteiger partial charge on any atom is -0.479 e. The molecule has 6 fully saturated rings. The standard InChI is InChI=1S/C13H16ClN5O4.C13H18ClN5O2.C12H14ClN5O4.C12H16ClN5O3.C11H14ClN5O4.C10H12ClN5O4/c1-5-7(21-2)11(23-8(5)12(20)22-3)19-4-16-6-9(14)17-13(15)18-10(6)19;1-4-7-6(2)9(20-3)12(21-7)19-5-16-8-10(14)17-13(15)18-11(8)19;1-4-6(21-2)10(22-7(4)11(19)20)18-3-15-5-8(13)16-12(14)17-9(5)18;1-5-6(3-19)21-11(8(5)20-2)18-4-15-7-9(13)16-12(14)17-10(7)18;1-20-7-6(19)4(2-18)21-10(7)17-3-14-5-8(12)15-11(13)16-9(5)17;11-7-4-8(15-10(12)14-7)16(2-13-4)9-6(19)5(18)3(1-17)20-9/h4-5,7-8,11H,1-3H3,(H2,15,17,18);5-7,9,12H,4H2,1-3H3,(H2,15,17,18);3-4,6-7,10H,1-2H3,(H,19,20)(H2,14,16,17);4-6,8,11,19H,3H2,1-2H3,(H2,14,16,17);3-4,6-7,10,18-19H,2H2,1H3,(H2,13,15,16);2-3,5-6,9,17-19H,1H2,(H2,12,14,15)/t5-,7+,8-,11+;6-,7-,9-,12-;4-,6+,7-,10+;5-,6-,8-,11-;4-,6-,7-,10-;3-,5-,6-,9-/m010111/s1/i2D3;3D3;2*2D3;1D3;. The van der Waals surface area contributed by atoms with E-state index in [4.69, 9.17) is 187 Å². The van der Waals surface area contributed by atoms with E-state index in [-0.39, 0.29) is 130 Å². The number of carbonyl (C=O) groups excluding carboxylic acids is 1. The van der Waals surface area contributed by atoms with E-state index in [0.717, 1.165) is 6.42 Å². The number of anilines is 6. The van der Waals surface area contributed by atoms with E-state index >= 15 is 0 Å². The molecule has 0 bridgehead atoms. The number of carbonyl (C=O) groups is 2. The number of imidazole rings is 6. The lowest BCUT2D eigenvalue weighted by Gasteiger charge is -2.20. The Labute approximate surface area is 773 Å². The number of esters is 1. The Balaban J connectivity index is 0.000000144. The van der Waals surface area contributed by atoms with E-state index < -0.39 is 189 Å². The maximum Gasteiger partial charge on any atom is 0.335 e. The number of rotatable bonds is 17. The maximum atomic E-state index is 12.0. The molecule has 51 nitrogen and oxygen atoms in total. The van der Waals surface area contributed by atoms with Gasteiger partial charge in [0.15, 0.2) is 114 Å². The molecular weight excluding hydrogens is 1820 g/mol. The highest BCUT2D eigenvalue weighted by atomic mass is 35.5. The molecule has 6 aliphatic heterocycles. The summed E-state index contributed by atoms with van der Waals surface area (Å²) < 4.78 is 183. The Morgan fingerprint density at radius 2 is 0.617 bits per heavy atom. The summed E-state index contributed by atoms with van der Waals surface area (Å²) in [5, 5.41) is 67.4. The molecule has 0 amide bonds. The van der Waals surface area contributed by atoms with Crippen molar-refractivity contribution in [2.24, 2.45) is 23.7 Å². The third-order valence-corrected chi connectivity index (χ3v) is 23.1. The van der Waals surface area contributed by atoms with Crippen LogP contribution in [-0.4, -0.2) is 312 Å². The first-order valence-corrected chi connectivity index (χ1v) is 40.1. The molecule has 24 atom stereocenters. The van der Waals surface area contributed by atoms with Crippen LogP contribution in [0.25, 0.3) is 67.0 Å². The largest absolute Gasteiger partial charge is 0.479 e. The van der Waals surface area contributed by atoms with E-state index in [0.29, 0.717) is 27.8 Å². The van der Waals surface area contributed by atoms with Crippen molar-refractivity contribution >= 4 is 184 Å². The fourth-order valence-electron chi connectivity index (χ4n) is 15.0. The lowest BCUT2D eigenvalue weighted by atomic mass is 9.98. The highest BCUT2D eigenvalue weighted by Crippen LogP contribution is 2.44. The maximum absolute atomic E-state index is 12.0. The average Bonchev–Trinajstić information content (AvgIpc) is 1.66. The SMILES string of the molecule is Nc1nc(Cl)c2ncn([C@@H]3O[C@H](CO)[C@@H](O)[C@H]3O)c2n1.[2H]C([2H])([2H])O[C@@H]1[C@H](C)[C@@H](C(=O)O)O[C@H]1n1cnc2c(Cl)nc(N)nc21.[2H]C([2H])([2H])O[C@@H]1[C@H](C)[C@@H](C(=O)OC)O[C@H]1n1cnc2c(Cl)nc(N)nc21.[2H]C([2H])([2H])O[C@@H]1[C@H](C)[C@@H](CC)O[C@H]1n1cnc2c(Cl)nc(N)nc21.[2H]C([2H])([2H])O[C@@H]1[C@H](C)[C@@H](CO)O[C@H]1n1cnc2c(Cl)nc(N)nc21.[2H]C([2H])([2H])O[C@@H]1[C@H](O)[C@@H](CO)O[C@H]1n1cnc2c(Cl)nc(N)nc21. The van der Waals surface area contributed by atoms with Crippen molar-refractivity contribution < 1.29 is 123 Å². The monoisotopic (exact) mass is 1920 g/mol. The van der Waals surface area contributed by atoms with Crippen LogP contribution in [0, 0.1) is 23.7 Å². The second-order valence-electron chi connectivity index (χ2n) is 29.0. The quantitative estimate of drug-likeness (QED) is 0.0458. The van der Waals surface area contributed by atoms with Gasteiger partial charge in [0.2, 0.25) is 35.7 Å². The van der Waals surface area contributed by atoms with Crippen molar-refractivity contribution in [2.45, 2.75) is 164 Å². The Hall–Kier alpha value is -9.90. The topological polar surface area (TPSA) is 704 Å². The van der Waals surface area contributed by atoms with Gasteiger partial charge < -0.3 is 127 Å². The molecule has 12 aromatic heterocycles. The van der Waals surface area contributed by atoms with Crippen molar-refractivity contribution in [1.82, 2.24) is 117 Å². The van der Waals surface area contributed by atoms with Gasteiger partial charge in [-0.15, -0.1) is 0 Å². The number of hydrogen-bond acceptors (Lipinski definition) is 44. The fraction of sp³-hybridized carbons (Fsp3) is 0.549. The molecule has 18 heterocycles. The van der Waals surface area contributed by atoms with Crippen molar-refractivity contribution in [3.05, 3.63) is 68.9 Å². The highest BCUT2D eigenvalue weighted by molar-refractivity contribution is 6.35. The van der Waals surface area contributed by atoms with Gasteiger partial charge in [-0.3, -0.25) is 27.4 Å². The molecule has 0 radical (unpaired) electrons. The number of aliphatic hydroxyl groups is 6. The minimum atomic E-state index is -2.78. The molecule has 0 saturated carbocycles. The number of carboxylic acid groups (broad SMARTS) is 1. The van der Waals surface area contributed by atoms with Crippen LogP contribution in [-0.2, 0) is 66.4 Å². The molecule has 57 heteroatoms. The van der Waals surface area contributed by atoms with E-state index in [1.165, 1.54) is 74.8 Å². The molecule has 0 aliphatic carbocycles. The van der Waals surface area contributed by atoms with Gasteiger partial charge in [-0.25, -0.2) is 39.5 Å². The smallest absolute Gasteiger partial charge is 0.335 e. The molecule has 0 spiro atoms. The number of aromatic nitrogens is 24. The number of ether oxygens (including phenoxy) is 12. The molecule has 19 N–H and O–H groups in total. The third kappa shape index (κ3) is 18.5. The molecule has 128 heavy (non-hydrogen) atoms. The second-order valence-corrected chi connectivity index (χ2v) is 31.1. The number of nitrogens with zero attached hydrogens (tertiary/aromatic N) is 24. The van der Waals surface area contributed by atoms with Crippen LogP contribution in [0.3, 0.4) is 0 Å². The normalized spacial score (nSPS) is 31.2. The van der Waals surface area contributed by atoms with Gasteiger partial charge in [0, 0.05) is 58.9 Å². The Morgan fingerprint density at radius 3 is 0.914 bits per heavy atom. The van der Waals surface area contributed by atoms with Gasteiger partial charge >= 0.3 is 11.9 Å². The van der Waals surface area contributed by atoms with E-state index in [9.17, 15) is 40.2 Å². The average molecular weight is 1930 g/mol. The van der Waals surface area contributed by atoms with Crippen molar-refractivity contribution in [1.29, 1.82) is 0 Å². The number of nitrogens with two attached hydrogens (primary N) is 6. The van der Waals surface area contributed by atoms with Gasteiger partial charge in [0.25, 0.3) is 0 Å².